The number of allylic oxidation sites excluding steroid dienone is 1. The van der Waals surface area contributed by atoms with E-state index < -0.39 is 17.8 Å². The number of benzene rings is 3. The van der Waals surface area contributed by atoms with Crippen molar-refractivity contribution in [2.45, 2.75) is 33.8 Å². The van der Waals surface area contributed by atoms with Crippen molar-refractivity contribution in [2.75, 3.05) is 11.5 Å². The normalized spacial score (nSPS) is 14.4. The van der Waals surface area contributed by atoms with Gasteiger partial charge in [0.15, 0.2) is 11.5 Å². The molecule has 0 saturated carbocycles. The number of imide groups is 2. The summed E-state index contributed by atoms with van der Waals surface area (Å²) in [5.74, 6) is -0.426. The van der Waals surface area contributed by atoms with E-state index in [1.807, 2.05) is 45.0 Å². The van der Waals surface area contributed by atoms with Gasteiger partial charge in [-0.1, -0.05) is 51.8 Å². The summed E-state index contributed by atoms with van der Waals surface area (Å²) < 4.78 is 13.0. The maximum Gasteiger partial charge on any atom is 0.335 e. The SMILES string of the molecule is C=CCc1cc(/C=C2\C(=O)NC(=O)N(c3ccc(Br)c(C)c3)C2=O)cc(OCC)c1OCc1cccc(C)c1. The number of nitrogens with zero attached hydrogens (tertiary/aromatic N) is 1. The molecule has 1 aliphatic heterocycles. The quantitative estimate of drug-likeness (QED) is 0.177. The third kappa shape index (κ3) is 6.29. The minimum Gasteiger partial charge on any atom is -0.490 e. The molecule has 0 spiro atoms. The lowest BCUT2D eigenvalue weighted by Gasteiger charge is -2.27. The number of aryl methyl sites for hydroxylation is 2. The van der Waals surface area contributed by atoms with Crippen LogP contribution < -0.4 is 19.7 Å². The number of carbonyl (C=O) groups is 3. The summed E-state index contributed by atoms with van der Waals surface area (Å²) in [6.07, 6.45) is 3.68. The molecular weight excluding hydrogens is 560 g/mol. The molecule has 1 N–H and O–H groups in total. The first kappa shape index (κ1) is 27.9. The summed E-state index contributed by atoms with van der Waals surface area (Å²) in [5, 5.41) is 2.27. The van der Waals surface area contributed by atoms with Crippen LogP contribution in [0.1, 0.15) is 34.7 Å². The molecule has 0 radical (unpaired) electrons. The van der Waals surface area contributed by atoms with Crippen LogP contribution in [-0.2, 0) is 22.6 Å². The van der Waals surface area contributed by atoms with E-state index in [9.17, 15) is 14.4 Å². The highest BCUT2D eigenvalue weighted by atomic mass is 79.9. The van der Waals surface area contributed by atoms with E-state index >= 15 is 0 Å². The van der Waals surface area contributed by atoms with Gasteiger partial charge in [-0.3, -0.25) is 14.9 Å². The molecule has 4 rings (SSSR count). The lowest BCUT2D eigenvalue weighted by molar-refractivity contribution is -0.122. The summed E-state index contributed by atoms with van der Waals surface area (Å²) in [6.45, 7) is 10.3. The highest BCUT2D eigenvalue weighted by Gasteiger charge is 2.37. The number of hydrogen-bond donors (Lipinski definition) is 1. The minimum absolute atomic E-state index is 0.171. The summed E-state index contributed by atoms with van der Waals surface area (Å²) in [7, 11) is 0. The second-order valence-corrected chi connectivity index (χ2v) is 9.96. The second-order valence-electron chi connectivity index (χ2n) is 9.10. The Hall–Kier alpha value is -4.17. The fourth-order valence-corrected chi connectivity index (χ4v) is 4.53. The summed E-state index contributed by atoms with van der Waals surface area (Å²) in [4.78, 5) is 39.8. The van der Waals surface area contributed by atoms with Crippen molar-refractivity contribution in [3.63, 3.8) is 0 Å². The number of anilines is 1. The molecule has 0 aliphatic carbocycles. The van der Waals surface area contributed by atoms with Crippen LogP contribution in [0, 0.1) is 13.8 Å². The molecule has 8 heteroatoms. The number of rotatable bonds is 9. The van der Waals surface area contributed by atoms with Crippen LogP contribution in [0.4, 0.5) is 10.5 Å². The topological polar surface area (TPSA) is 84.9 Å². The molecular formula is C31H29BrN2O5. The standard InChI is InChI=1S/C31H29BrN2O5/c1-5-8-23-15-22(17-27(38-6-2)28(23)39-18-21-10-7-9-19(3)13-21)16-25-29(35)33-31(37)34(30(25)36)24-11-12-26(32)20(4)14-24/h5,7,9-17H,1,6,8,18H2,2-4H3,(H,33,35,37)/b25-16+. The Balaban J connectivity index is 1.72. The molecule has 4 amide bonds. The second kappa shape index (κ2) is 12.1. The third-order valence-electron chi connectivity index (χ3n) is 6.10. The number of barbiturate groups is 1. The van der Waals surface area contributed by atoms with Gasteiger partial charge in [0.05, 0.1) is 12.3 Å². The number of nitrogens with one attached hydrogen (secondary N) is 1. The van der Waals surface area contributed by atoms with Gasteiger partial charge in [0.2, 0.25) is 0 Å². The van der Waals surface area contributed by atoms with Gasteiger partial charge in [0.1, 0.15) is 12.2 Å². The van der Waals surface area contributed by atoms with Crippen molar-refractivity contribution in [2.24, 2.45) is 0 Å². The Labute approximate surface area is 236 Å². The highest BCUT2D eigenvalue weighted by molar-refractivity contribution is 9.10. The van der Waals surface area contributed by atoms with Crippen LogP contribution in [0.2, 0.25) is 0 Å². The zero-order valence-electron chi connectivity index (χ0n) is 22.0. The largest absolute Gasteiger partial charge is 0.490 e. The van der Waals surface area contributed by atoms with Crippen molar-refractivity contribution < 1.29 is 23.9 Å². The molecule has 0 aromatic heterocycles. The Morgan fingerprint density at radius 3 is 2.51 bits per heavy atom. The van der Waals surface area contributed by atoms with E-state index in [4.69, 9.17) is 9.47 Å². The molecule has 0 bridgehead atoms. The Kier molecular flexibility index (Phi) is 8.66. The van der Waals surface area contributed by atoms with E-state index in [1.54, 1.807) is 30.3 Å². The molecule has 0 unspecified atom stereocenters. The number of ether oxygens (including phenoxy) is 2. The molecule has 7 nitrogen and oxygen atoms in total. The zero-order chi connectivity index (χ0) is 28.1. The van der Waals surface area contributed by atoms with Gasteiger partial charge in [0.25, 0.3) is 11.8 Å². The molecule has 1 saturated heterocycles. The smallest absolute Gasteiger partial charge is 0.335 e. The predicted molar refractivity (Wildman–Crippen MR) is 155 cm³/mol. The predicted octanol–water partition coefficient (Wildman–Crippen LogP) is 6.44. The molecule has 1 heterocycles. The summed E-state index contributed by atoms with van der Waals surface area (Å²) in [6, 6.07) is 15.9. The van der Waals surface area contributed by atoms with E-state index in [2.05, 4.69) is 33.9 Å². The lowest BCUT2D eigenvalue weighted by Crippen LogP contribution is -2.54. The first-order chi connectivity index (χ1) is 18.7. The first-order valence-electron chi connectivity index (χ1n) is 12.5. The summed E-state index contributed by atoms with van der Waals surface area (Å²) >= 11 is 3.42. The van der Waals surface area contributed by atoms with Gasteiger partial charge in [0, 0.05) is 10.0 Å². The van der Waals surface area contributed by atoms with Gasteiger partial charge in [-0.2, -0.15) is 0 Å². The number of halogens is 1. The van der Waals surface area contributed by atoms with E-state index in [0.717, 1.165) is 31.6 Å². The molecule has 0 atom stereocenters. The lowest BCUT2D eigenvalue weighted by atomic mass is 10.0. The molecule has 3 aromatic carbocycles. The van der Waals surface area contributed by atoms with Crippen LogP contribution in [-0.4, -0.2) is 24.5 Å². The first-order valence-corrected chi connectivity index (χ1v) is 13.3. The van der Waals surface area contributed by atoms with Crippen LogP contribution >= 0.6 is 15.9 Å². The summed E-state index contributed by atoms with van der Waals surface area (Å²) in [5.41, 5.74) is 4.52. The van der Waals surface area contributed by atoms with Crippen molar-refractivity contribution >= 4 is 45.5 Å². The molecule has 1 fully saturated rings. The van der Waals surface area contributed by atoms with Crippen LogP contribution in [0.15, 0.2) is 77.3 Å². The number of hydrogen-bond acceptors (Lipinski definition) is 5. The highest BCUT2D eigenvalue weighted by Crippen LogP contribution is 2.36. The Bertz CT molecular complexity index is 1490. The average molecular weight is 589 g/mol. The molecule has 200 valence electrons. The Morgan fingerprint density at radius 2 is 1.82 bits per heavy atom. The average Bonchev–Trinajstić information content (AvgIpc) is 2.88. The van der Waals surface area contributed by atoms with E-state index in [0.29, 0.717) is 42.4 Å². The maximum atomic E-state index is 13.4. The van der Waals surface area contributed by atoms with Crippen molar-refractivity contribution in [3.8, 4) is 11.5 Å². The fraction of sp³-hybridized carbons (Fsp3) is 0.194. The van der Waals surface area contributed by atoms with E-state index in [1.165, 1.54) is 6.08 Å². The van der Waals surface area contributed by atoms with Crippen molar-refractivity contribution in [3.05, 3.63) is 105 Å². The van der Waals surface area contributed by atoms with E-state index in [-0.39, 0.29) is 5.57 Å². The van der Waals surface area contributed by atoms with Gasteiger partial charge >= 0.3 is 6.03 Å². The van der Waals surface area contributed by atoms with Crippen LogP contribution in [0.25, 0.3) is 6.08 Å². The number of amides is 4. The minimum atomic E-state index is -0.800. The zero-order valence-corrected chi connectivity index (χ0v) is 23.6. The van der Waals surface area contributed by atoms with Gasteiger partial charge < -0.3 is 9.47 Å². The van der Waals surface area contributed by atoms with Crippen molar-refractivity contribution in [1.82, 2.24) is 5.32 Å². The molecule has 39 heavy (non-hydrogen) atoms. The van der Waals surface area contributed by atoms with Crippen LogP contribution in [0.3, 0.4) is 0 Å². The third-order valence-corrected chi connectivity index (χ3v) is 6.99. The van der Waals surface area contributed by atoms with Gasteiger partial charge in [-0.05, 0) is 80.3 Å². The number of urea groups is 1. The fourth-order valence-electron chi connectivity index (χ4n) is 4.28. The van der Waals surface area contributed by atoms with Crippen molar-refractivity contribution in [1.29, 1.82) is 0 Å². The monoisotopic (exact) mass is 588 g/mol. The van der Waals surface area contributed by atoms with Gasteiger partial charge in [-0.25, -0.2) is 9.69 Å². The Morgan fingerprint density at radius 1 is 1.03 bits per heavy atom. The maximum absolute atomic E-state index is 13.4. The van der Waals surface area contributed by atoms with Crippen LogP contribution in [0.5, 0.6) is 11.5 Å². The molecule has 3 aromatic rings. The molecule has 1 aliphatic rings. The van der Waals surface area contributed by atoms with Gasteiger partial charge in [-0.15, -0.1) is 6.58 Å². The number of carbonyl (C=O) groups excluding carboxylic acids is 3.